The monoisotopic (exact) mass is 334 g/mol. The van der Waals surface area contributed by atoms with Crippen LogP contribution in [0.5, 0.6) is 5.75 Å². The summed E-state index contributed by atoms with van der Waals surface area (Å²) in [5.41, 5.74) is 0.685. The molecule has 0 saturated carbocycles. The number of carbonyl (C=O) groups is 3. The summed E-state index contributed by atoms with van der Waals surface area (Å²) in [5.74, 6) is -1.72. The van der Waals surface area contributed by atoms with Crippen LogP contribution in [0.25, 0.3) is 6.08 Å². The van der Waals surface area contributed by atoms with Crippen molar-refractivity contribution in [3.63, 3.8) is 0 Å². The van der Waals surface area contributed by atoms with Crippen molar-refractivity contribution >= 4 is 23.8 Å². The second-order valence-electron chi connectivity index (χ2n) is 4.70. The zero-order valence-corrected chi connectivity index (χ0v) is 12.9. The Kier molecular flexibility index (Phi) is 7.93. The van der Waals surface area contributed by atoms with Gasteiger partial charge >= 0.3 is 11.9 Å². The number of benzene rings is 1. The first-order chi connectivity index (χ1) is 11.4. The molecule has 0 aliphatic heterocycles. The minimum absolute atomic E-state index is 0.0220. The second-order valence-corrected chi connectivity index (χ2v) is 4.70. The summed E-state index contributed by atoms with van der Waals surface area (Å²) in [7, 11) is 0. The van der Waals surface area contributed by atoms with Crippen LogP contribution in [0.3, 0.4) is 0 Å². The maximum Gasteiger partial charge on any atom is 0.333 e. The molecule has 1 aromatic carbocycles. The maximum absolute atomic E-state index is 11.5. The number of carboxylic acid groups (broad SMARTS) is 1. The van der Waals surface area contributed by atoms with Gasteiger partial charge in [0.25, 0.3) is 0 Å². The van der Waals surface area contributed by atoms with Gasteiger partial charge in [-0.1, -0.05) is 18.7 Å². The topological polar surface area (TPSA) is 110 Å². The van der Waals surface area contributed by atoms with E-state index >= 15 is 0 Å². The molecule has 0 unspecified atom stereocenters. The minimum Gasteiger partial charge on any atom is -0.490 e. The van der Waals surface area contributed by atoms with Crippen molar-refractivity contribution in [2.45, 2.75) is 6.42 Å². The highest BCUT2D eigenvalue weighted by atomic mass is 16.6. The maximum atomic E-state index is 11.5. The molecular weight excluding hydrogens is 316 g/mol. The molecule has 0 aliphatic rings. The van der Waals surface area contributed by atoms with Crippen LogP contribution in [0.4, 0.5) is 0 Å². The van der Waals surface area contributed by atoms with Gasteiger partial charge in [0.15, 0.2) is 5.78 Å². The van der Waals surface area contributed by atoms with Gasteiger partial charge in [-0.3, -0.25) is 4.79 Å². The number of hydrogen-bond donors (Lipinski definition) is 2. The van der Waals surface area contributed by atoms with Crippen LogP contribution in [0, 0.1) is 0 Å². The van der Waals surface area contributed by atoms with E-state index in [1.165, 1.54) is 6.08 Å². The molecule has 2 N–H and O–H groups in total. The summed E-state index contributed by atoms with van der Waals surface area (Å²) in [4.78, 5) is 32.9. The number of ether oxygens (including phenoxy) is 2. The van der Waals surface area contributed by atoms with Crippen LogP contribution in [-0.4, -0.2) is 47.8 Å². The third kappa shape index (κ3) is 7.37. The number of carbonyl (C=O) groups excluding carboxylic acids is 2. The van der Waals surface area contributed by atoms with Crippen molar-refractivity contribution in [1.29, 1.82) is 0 Å². The van der Waals surface area contributed by atoms with Gasteiger partial charge in [0.05, 0.1) is 0 Å². The summed E-state index contributed by atoms with van der Waals surface area (Å²) in [6.45, 7) is 2.86. The zero-order chi connectivity index (χ0) is 17.9. The lowest BCUT2D eigenvalue weighted by atomic mass is 10.1. The van der Waals surface area contributed by atoms with E-state index < -0.39 is 24.3 Å². The molecule has 24 heavy (non-hydrogen) atoms. The Morgan fingerprint density at radius 2 is 1.79 bits per heavy atom. The number of esters is 1. The molecule has 0 aromatic heterocycles. The minimum atomic E-state index is -1.03. The predicted octanol–water partition coefficient (Wildman–Crippen LogP) is 1.21. The molecule has 0 aliphatic carbocycles. The van der Waals surface area contributed by atoms with Crippen LogP contribution in [0.1, 0.15) is 12.0 Å². The Morgan fingerprint density at radius 1 is 1.12 bits per heavy atom. The normalized spacial score (nSPS) is 10.4. The van der Waals surface area contributed by atoms with Crippen LogP contribution in [0.15, 0.2) is 42.5 Å². The first kappa shape index (κ1) is 19.1. The number of Topliss-reactive ketones (excluding diaryl/α,β-unsaturated/α-hetero) is 1. The fourth-order valence-corrected chi connectivity index (χ4v) is 1.60. The van der Waals surface area contributed by atoms with E-state index in [2.05, 4.69) is 6.58 Å². The summed E-state index contributed by atoms with van der Waals surface area (Å²) >= 11 is 0. The summed E-state index contributed by atoms with van der Waals surface area (Å²) in [5, 5.41) is 17.1. The van der Waals surface area contributed by atoms with Crippen LogP contribution in [-0.2, 0) is 19.1 Å². The molecule has 0 saturated heterocycles. The molecule has 0 spiro atoms. The second kappa shape index (κ2) is 9.96. The summed E-state index contributed by atoms with van der Waals surface area (Å²) < 4.78 is 10.3. The smallest absolute Gasteiger partial charge is 0.333 e. The molecule has 128 valence electrons. The lowest BCUT2D eigenvalue weighted by Crippen LogP contribution is -2.16. The van der Waals surface area contributed by atoms with Gasteiger partial charge in [-0.2, -0.15) is 0 Å². The largest absolute Gasteiger partial charge is 0.490 e. The predicted molar refractivity (Wildman–Crippen MR) is 85.4 cm³/mol. The first-order valence-electron chi connectivity index (χ1n) is 7.03. The molecular formula is C17H18O7. The van der Waals surface area contributed by atoms with Crippen LogP contribution < -0.4 is 4.74 Å². The SMILES string of the molecule is C=C(CC(=O)CO)C(=O)OCCOc1ccc(/C=C/C(=O)O)cc1. The molecule has 0 bridgehead atoms. The van der Waals surface area contributed by atoms with Gasteiger partial charge in [0.2, 0.25) is 0 Å². The number of aliphatic hydroxyl groups is 1. The van der Waals surface area contributed by atoms with Gasteiger partial charge in [0, 0.05) is 18.1 Å². The van der Waals surface area contributed by atoms with E-state index in [9.17, 15) is 14.4 Å². The number of carboxylic acids is 1. The highest BCUT2D eigenvalue weighted by molar-refractivity contribution is 5.95. The molecule has 1 rings (SSSR count). The van der Waals surface area contributed by atoms with Gasteiger partial charge in [-0.05, 0) is 23.8 Å². The third-order valence-electron chi connectivity index (χ3n) is 2.76. The van der Waals surface area contributed by atoms with Crippen molar-refractivity contribution in [2.75, 3.05) is 19.8 Å². The third-order valence-corrected chi connectivity index (χ3v) is 2.76. The lowest BCUT2D eigenvalue weighted by molar-refractivity contribution is -0.140. The molecule has 0 amide bonds. The molecule has 0 fully saturated rings. The molecule has 7 nitrogen and oxygen atoms in total. The molecule has 0 radical (unpaired) electrons. The molecule has 0 atom stereocenters. The average Bonchev–Trinajstić information content (AvgIpc) is 2.57. The van der Waals surface area contributed by atoms with Crippen molar-refractivity contribution < 1.29 is 34.1 Å². The van der Waals surface area contributed by atoms with Crippen molar-refractivity contribution in [3.05, 3.63) is 48.1 Å². The Bertz CT molecular complexity index is 629. The Morgan fingerprint density at radius 3 is 2.38 bits per heavy atom. The van der Waals surface area contributed by atoms with E-state index in [-0.39, 0.29) is 25.2 Å². The van der Waals surface area contributed by atoms with Crippen LogP contribution >= 0.6 is 0 Å². The van der Waals surface area contributed by atoms with Gasteiger partial charge in [-0.25, -0.2) is 9.59 Å². The van der Waals surface area contributed by atoms with Crippen molar-refractivity contribution in [2.24, 2.45) is 0 Å². The van der Waals surface area contributed by atoms with Crippen molar-refractivity contribution in [1.82, 2.24) is 0 Å². The standard InChI is InChI=1S/C17H18O7/c1-12(10-14(19)11-18)17(22)24-9-8-23-15-5-2-13(3-6-15)4-7-16(20)21/h2-7,18H,1,8-11H2,(H,20,21)/b7-4+. The van der Waals surface area contributed by atoms with Crippen molar-refractivity contribution in [3.8, 4) is 5.75 Å². The van der Waals surface area contributed by atoms with E-state index in [0.717, 1.165) is 6.08 Å². The van der Waals surface area contributed by atoms with E-state index in [1.54, 1.807) is 24.3 Å². The van der Waals surface area contributed by atoms with Gasteiger partial charge < -0.3 is 19.7 Å². The number of hydrogen-bond acceptors (Lipinski definition) is 6. The van der Waals surface area contributed by atoms with E-state index in [4.69, 9.17) is 19.7 Å². The molecule has 1 aromatic rings. The number of rotatable bonds is 10. The zero-order valence-electron chi connectivity index (χ0n) is 12.9. The van der Waals surface area contributed by atoms with Crippen LogP contribution in [0.2, 0.25) is 0 Å². The fourth-order valence-electron chi connectivity index (χ4n) is 1.60. The number of ketones is 1. The fraction of sp³-hybridized carbons (Fsp3) is 0.235. The lowest BCUT2D eigenvalue weighted by Gasteiger charge is -2.08. The summed E-state index contributed by atoms with van der Waals surface area (Å²) in [6, 6.07) is 6.68. The summed E-state index contributed by atoms with van der Waals surface area (Å²) in [6.07, 6.45) is 2.23. The average molecular weight is 334 g/mol. The first-order valence-corrected chi connectivity index (χ1v) is 7.03. The number of aliphatic hydroxyl groups excluding tert-OH is 1. The Hall–Kier alpha value is -2.93. The molecule has 0 heterocycles. The highest BCUT2D eigenvalue weighted by Gasteiger charge is 2.12. The van der Waals surface area contributed by atoms with Gasteiger partial charge in [-0.15, -0.1) is 0 Å². The quantitative estimate of drug-likeness (QED) is 0.376. The molecule has 7 heteroatoms. The highest BCUT2D eigenvalue weighted by Crippen LogP contribution is 2.13. The number of aliphatic carboxylic acids is 1. The Labute approximate surface area is 138 Å². The Balaban J connectivity index is 2.32. The van der Waals surface area contributed by atoms with E-state index in [1.807, 2.05) is 0 Å². The van der Waals surface area contributed by atoms with E-state index in [0.29, 0.717) is 11.3 Å². The van der Waals surface area contributed by atoms with Gasteiger partial charge in [0.1, 0.15) is 25.6 Å².